The molecule has 0 spiro atoms. The summed E-state index contributed by atoms with van der Waals surface area (Å²) >= 11 is 0.706. The van der Waals surface area contributed by atoms with Crippen molar-refractivity contribution in [2.75, 3.05) is 10.6 Å². The van der Waals surface area contributed by atoms with Crippen molar-refractivity contribution in [2.45, 2.75) is 9.79 Å². The Hall–Kier alpha value is -4.30. The smallest absolute Gasteiger partial charge is 0.297 e. The molecule has 0 fully saturated rings. The number of benzene rings is 5. The van der Waals surface area contributed by atoms with Crippen LogP contribution in [-0.2, 0) is 19.5 Å². The van der Waals surface area contributed by atoms with Crippen LogP contribution in [0.2, 0.25) is 0 Å². The lowest BCUT2D eigenvalue weighted by molar-refractivity contribution is -0.432. The van der Waals surface area contributed by atoms with Crippen LogP contribution in [0.15, 0.2) is 107 Å². The van der Waals surface area contributed by atoms with Gasteiger partial charge in [-0.15, -0.1) is 4.33 Å². The van der Waals surface area contributed by atoms with Crippen molar-refractivity contribution in [3.8, 4) is 0 Å². The molecule has 5 aromatic rings. The van der Waals surface area contributed by atoms with Crippen molar-refractivity contribution >= 4 is 66.9 Å². The van der Waals surface area contributed by atoms with E-state index in [2.05, 4.69) is 20.0 Å². The first-order chi connectivity index (χ1) is 19.3. The van der Waals surface area contributed by atoms with E-state index in [-0.39, 0.29) is 22.2 Å². The zero-order chi connectivity index (χ0) is 28.3. The largest absolute Gasteiger partial charge is 0.321 e. The Labute approximate surface area is 232 Å². The Morgan fingerprint density at radius 2 is 1.25 bits per heavy atom. The molecule has 0 aliphatic heterocycles. The van der Waals surface area contributed by atoms with Crippen LogP contribution < -0.4 is 10.6 Å². The van der Waals surface area contributed by atoms with Crippen molar-refractivity contribution in [2.24, 2.45) is 0 Å². The first-order valence-electron chi connectivity index (χ1n) is 11.6. The normalized spacial score (nSPS) is 11.4. The Morgan fingerprint density at radius 3 is 1.88 bits per heavy atom. The molecule has 5 aromatic carbocycles. The number of nitrogens with one attached hydrogen (secondary N) is 2. The number of carbonyl (C=O) groups excluding carboxylic acids is 2. The van der Waals surface area contributed by atoms with Crippen LogP contribution in [0, 0.1) is 0 Å². The third kappa shape index (κ3) is 5.67. The molecule has 4 N–H and O–H groups in total. The Morgan fingerprint density at radius 1 is 0.700 bits per heavy atom. The summed E-state index contributed by atoms with van der Waals surface area (Å²) in [5, 5.41) is 20.1. The maximum Gasteiger partial charge on any atom is 0.297 e. The minimum Gasteiger partial charge on any atom is -0.321 e. The summed E-state index contributed by atoms with van der Waals surface area (Å²) in [6.07, 6.45) is 0. The second kappa shape index (κ2) is 11.4. The van der Waals surface area contributed by atoms with Gasteiger partial charge in [0.15, 0.2) is 0 Å². The van der Waals surface area contributed by atoms with Gasteiger partial charge >= 0.3 is 0 Å². The van der Waals surface area contributed by atoms with Crippen LogP contribution in [-0.4, -0.2) is 30.0 Å². The summed E-state index contributed by atoms with van der Waals surface area (Å²) in [7, 11) is -4.69. The lowest BCUT2D eigenvalue weighted by atomic mass is 10.1. The van der Waals surface area contributed by atoms with Crippen LogP contribution in [0.25, 0.3) is 21.5 Å². The highest BCUT2D eigenvalue weighted by Crippen LogP contribution is 2.36. The van der Waals surface area contributed by atoms with Crippen LogP contribution in [0.1, 0.15) is 20.7 Å². The molecule has 0 atom stereocenters. The molecule has 0 aromatic heterocycles. The number of hydrogen-bond donors (Lipinski definition) is 4. The Bertz CT molecular complexity index is 1880. The molecule has 0 heterocycles. The number of rotatable bonds is 8. The van der Waals surface area contributed by atoms with Gasteiger partial charge in [-0.1, -0.05) is 71.8 Å². The molecular weight excluding hydrogens is 556 g/mol. The SMILES string of the molecule is O=C(Nc1ccc2ccccc2c1SOOO)c1cccc(C(=O)Nc2ccc3ccccc3c2S(=O)(=O)O)c1. The molecule has 0 saturated heterocycles. The van der Waals surface area contributed by atoms with E-state index in [1.807, 2.05) is 24.3 Å². The van der Waals surface area contributed by atoms with Gasteiger partial charge in [-0.25, -0.2) is 5.26 Å². The van der Waals surface area contributed by atoms with Crippen molar-refractivity contribution < 1.29 is 37.2 Å². The van der Waals surface area contributed by atoms with Crippen molar-refractivity contribution in [3.63, 3.8) is 0 Å². The Balaban J connectivity index is 1.43. The fraction of sp³-hybridized carbons (Fsp3) is 0. The molecule has 0 bridgehead atoms. The first kappa shape index (κ1) is 27.3. The van der Waals surface area contributed by atoms with Gasteiger partial charge in [-0.3, -0.25) is 14.1 Å². The van der Waals surface area contributed by atoms with Gasteiger partial charge in [0.2, 0.25) is 0 Å². The van der Waals surface area contributed by atoms with Crippen LogP contribution in [0.3, 0.4) is 0 Å². The third-order valence-electron chi connectivity index (χ3n) is 6.05. The number of hydrogen-bond acceptors (Lipinski definition) is 8. The lowest BCUT2D eigenvalue weighted by Gasteiger charge is -2.14. The summed E-state index contributed by atoms with van der Waals surface area (Å²) in [4.78, 5) is 26.3. The van der Waals surface area contributed by atoms with Crippen molar-refractivity contribution in [1.29, 1.82) is 0 Å². The average Bonchev–Trinajstić information content (AvgIpc) is 2.95. The van der Waals surface area contributed by atoms with Gasteiger partial charge in [0.05, 0.1) is 28.3 Å². The van der Waals surface area contributed by atoms with E-state index >= 15 is 0 Å². The predicted molar refractivity (Wildman–Crippen MR) is 151 cm³/mol. The van der Waals surface area contributed by atoms with E-state index in [0.29, 0.717) is 28.0 Å². The molecule has 0 unspecified atom stereocenters. The molecule has 40 heavy (non-hydrogen) atoms. The number of fused-ring (bicyclic) bond motifs is 2. The molecule has 0 radical (unpaired) electrons. The second-order valence-electron chi connectivity index (χ2n) is 8.52. The molecule has 0 aliphatic rings. The highest BCUT2D eigenvalue weighted by Gasteiger charge is 2.22. The highest BCUT2D eigenvalue weighted by molar-refractivity contribution is 7.95. The fourth-order valence-electron chi connectivity index (χ4n) is 4.29. The molecule has 0 aliphatic carbocycles. The molecule has 2 amide bonds. The minimum atomic E-state index is -4.69. The van der Waals surface area contributed by atoms with Gasteiger partial charge in [-0.2, -0.15) is 8.42 Å². The van der Waals surface area contributed by atoms with Gasteiger partial charge < -0.3 is 10.6 Å². The molecule has 202 valence electrons. The summed E-state index contributed by atoms with van der Waals surface area (Å²) in [5.41, 5.74) is 0.483. The quantitative estimate of drug-likeness (QED) is 0.0735. The van der Waals surface area contributed by atoms with E-state index in [4.69, 9.17) is 5.26 Å². The third-order valence-corrected chi connectivity index (χ3v) is 7.74. The van der Waals surface area contributed by atoms with Crippen LogP contribution in [0.5, 0.6) is 0 Å². The number of carbonyl (C=O) groups is 2. The maximum absolute atomic E-state index is 13.2. The van der Waals surface area contributed by atoms with E-state index in [0.717, 1.165) is 10.8 Å². The zero-order valence-corrected chi connectivity index (χ0v) is 22.0. The van der Waals surface area contributed by atoms with Crippen LogP contribution in [0.4, 0.5) is 11.4 Å². The lowest BCUT2D eigenvalue weighted by Crippen LogP contribution is -2.17. The van der Waals surface area contributed by atoms with Crippen LogP contribution >= 0.6 is 12.0 Å². The van der Waals surface area contributed by atoms with Gasteiger partial charge in [0.1, 0.15) is 4.90 Å². The van der Waals surface area contributed by atoms with E-state index in [1.54, 1.807) is 36.4 Å². The summed E-state index contributed by atoms with van der Waals surface area (Å²) in [6.45, 7) is 0. The average molecular weight is 577 g/mol. The van der Waals surface area contributed by atoms with Crippen molar-refractivity contribution in [3.05, 3.63) is 108 Å². The molecule has 0 saturated carbocycles. The van der Waals surface area contributed by atoms with Gasteiger partial charge in [0.25, 0.3) is 21.9 Å². The summed E-state index contributed by atoms with van der Waals surface area (Å²) in [6, 6.07) is 26.2. The molecular formula is C28H20N2O8S2. The van der Waals surface area contributed by atoms with Gasteiger partial charge in [-0.05, 0) is 46.5 Å². The number of amides is 2. The molecule has 12 heteroatoms. The highest BCUT2D eigenvalue weighted by atomic mass is 32.2. The molecule has 10 nitrogen and oxygen atoms in total. The summed E-state index contributed by atoms with van der Waals surface area (Å²) < 4.78 is 38.9. The van der Waals surface area contributed by atoms with Crippen molar-refractivity contribution in [1.82, 2.24) is 0 Å². The maximum atomic E-state index is 13.2. The van der Waals surface area contributed by atoms with E-state index in [9.17, 15) is 22.6 Å². The Kier molecular flexibility index (Phi) is 7.80. The topological polar surface area (TPSA) is 151 Å². The van der Waals surface area contributed by atoms with E-state index in [1.165, 1.54) is 36.4 Å². The fourth-order valence-corrected chi connectivity index (χ4v) is 5.73. The van der Waals surface area contributed by atoms with Gasteiger partial charge in [0, 0.05) is 16.5 Å². The standard InChI is InChI=1S/C28H20N2O8S2/c31-27(29-23-14-12-17-6-1-3-10-21(17)25(23)39-38-37-33)19-8-5-9-20(16-19)28(32)30-24-15-13-18-7-2-4-11-22(18)26(24)40(34,35)36/h1-16,33H,(H,29,31)(H,30,32)(H,34,35,36). The second-order valence-corrected chi connectivity index (χ2v) is 10.6. The minimum absolute atomic E-state index is 0.0761. The predicted octanol–water partition coefficient (Wildman–Crippen LogP) is 6.17. The number of anilines is 2. The van der Waals surface area contributed by atoms with E-state index < -0.39 is 26.8 Å². The summed E-state index contributed by atoms with van der Waals surface area (Å²) in [5.74, 6) is -1.23. The molecule has 5 rings (SSSR count). The zero-order valence-electron chi connectivity index (χ0n) is 20.4. The monoisotopic (exact) mass is 576 g/mol. The first-order valence-corrected chi connectivity index (χ1v) is 13.8.